The van der Waals surface area contributed by atoms with Crippen molar-refractivity contribution < 1.29 is 37.3 Å². The molecule has 0 radical (unpaired) electrons. The van der Waals surface area contributed by atoms with Crippen molar-refractivity contribution in [2.75, 3.05) is 0 Å². The number of benzene rings is 2. The third-order valence-corrected chi connectivity index (χ3v) is 3.97. The van der Waals surface area contributed by atoms with Crippen molar-refractivity contribution in [3.05, 3.63) is 64.7 Å². The third-order valence-electron chi connectivity index (χ3n) is 3.74. The van der Waals surface area contributed by atoms with Crippen molar-refractivity contribution in [1.29, 1.82) is 0 Å². The number of aliphatic hydroxyl groups excluding tert-OH is 1. The summed E-state index contributed by atoms with van der Waals surface area (Å²) in [6.07, 6.45) is -10.5. The molecule has 2 aromatic rings. The molecule has 0 bridgehead atoms. The number of carboxylic acids is 1. The van der Waals surface area contributed by atoms with E-state index in [4.69, 9.17) is 11.6 Å². The van der Waals surface area contributed by atoms with Gasteiger partial charge in [0.15, 0.2) is 0 Å². The van der Waals surface area contributed by atoms with Crippen molar-refractivity contribution in [1.82, 2.24) is 0 Å². The van der Waals surface area contributed by atoms with Crippen molar-refractivity contribution in [3.63, 3.8) is 0 Å². The summed E-state index contributed by atoms with van der Waals surface area (Å²) >= 11 is 5.82. The van der Waals surface area contributed by atoms with Gasteiger partial charge in [-0.1, -0.05) is 35.9 Å². The minimum absolute atomic E-state index is 0.174. The summed E-state index contributed by atoms with van der Waals surface area (Å²) in [6.45, 7) is 0. The molecular formula is C18H14ClF4O4-. The van der Waals surface area contributed by atoms with Gasteiger partial charge in [0.1, 0.15) is 5.75 Å². The Morgan fingerprint density at radius 3 is 2.44 bits per heavy atom. The van der Waals surface area contributed by atoms with E-state index in [1.165, 1.54) is 36.4 Å². The molecule has 0 heterocycles. The summed E-state index contributed by atoms with van der Waals surface area (Å²) < 4.78 is 54.5. The molecule has 27 heavy (non-hydrogen) atoms. The highest BCUT2D eigenvalue weighted by Gasteiger charge is 2.44. The van der Waals surface area contributed by atoms with E-state index in [2.05, 4.69) is 4.74 Å². The molecule has 2 rings (SSSR count). The van der Waals surface area contributed by atoms with Gasteiger partial charge in [0.2, 0.25) is 0 Å². The summed E-state index contributed by atoms with van der Waals surface area (Å²) in [6, 6.07) is 10.6. The van der Waals surface area contributed by atoms with Gasteiger partial charge in [-0.15, -0.1) is 0 Å². The Bertz CT molecular complexity index is 800. The quantitative estimate of drug-likeness (QED) is 0.685. The van der Waals surface area contributed by atoms with E-state index >= 15 is 0 Å². The zero-order chi connectivity index (χ0) is 20.2. The van der Waals surface area contributed by atoms with E-state index in [-0.39, 0.29) is 22.6 Å². The fourth-order valence-electron chi connectivity index (χ4n) is 2.44. The first-order valence-corrected chi connectivity index (χ1v) is 8.06. The number of carbonyl (C=O) groups is 1. The maximum atomic E-state index is 13.0. The summed E-state index contributed by atoms with van der Waals surface area (Å²) in [5.74, 6) is -3.58. The minimum Gasteiger partial charge on any atom is -0.550 e. The standard InChI is InChI=1S/C18H15ClF4O4/c19-12-5-2-4-11(9-12)15(24)14(16(25)26)8-10-3-1-6-13(7-10)27-18(22,23)17(20)21/h1-7,9,14-15,17,24H,8H2,(H,25,26)/p-1. The fourth-order valence-corrected chi connectivity index (χ4v) is 2.64. The molecule has 0 saturated carbocycles. The first kappa shape index (κ1) is 21.0. The highest BCUT2D eigenvalue weighted by molar-refractivity contribution is 6.30. The number of halogens is 5. The molecule has 1 N–H and O–H groups in total. The smallest absolute Gasteiger partial charge is 0.461 e. The predicted molar refractivity (Wildman–Crippen MR) is 86.6 cm³/mol. The van der Waals surface area contributed by atoms with Crippen molar-refractivity contribution in [2.24, 2.45) is 5.92 Å². The molecule has 146 valence electrons. The number of hydrogen-bond acceptors (Lipinski definition) is 4. The Morgan fingerprint density at radius 2 is 1.85 bits per heavy atom. The third kappa shape index (κ3) is 5.58. The average molecular weight is 406 g/mol. The Balaban J connectivity index is 2.22. The predicted octanol–water partition coefficient (Wildman–Crippen LogP) is 3.22. The molecule has 0 fully saturated rings. The Morgan fingerprint density at radius 1 is 1.19 bits per heavy atom. The van der Waals surface area contributed by atoms with Crippen LogP contribution in [0, 0.1) is 5.92 Å². The van der Waals surface area contributed by atoms with Crippen LogP contribution in [0.3, 0.4) is 0 Å². The molecule has 2 atom stereocenters. The molecule has 2 unspecified atom stereocenters. The van der Waals surface area contributed by atoms with Crippen LogP contribution in [0.15, 0.2) is 48.5 Å². The van der Waals surface area contributed by atoms with Crippen LogP contribution < -0.4 is 9.84 Å². The van der Waals surface area contributed by atoms with Gasteiger partial charge in [0.25, 0.3) is 0 Å². The molecule has 9 heteroatoms. The highest BCUT2D eigenvalue weighted by atomic mass is 35.5. The molecule has 2 aromatic carbocycles. The first-order chi connectivity index (χ1) is 12.6. The molecule has 0 saturated heterocycles. The molecular weight excluding hydrogens is 392 g/mol. The normalized spacial score (nSPS) is 14.0. The minimum atomic E-state index is -4.69. The SMILES string of the molecule is O=C([O-])C(Cc1cccc(OC(F)(F)C(F)F)c1)C(O)c1cccc(Cl)c1. The van der Waals surface area contributed by atoms with Gasteiger partial charge in [-0.2, -0.15) is 17.6 Å². The number of carbonyl (C=O) groups excluding carboxylic acids is 1. The number of alkyl halides is 4. The molecule has 0 aliphatic carbocycles. The van der Waals surface area contributed by atoms with Crippen LogP contribution in [0.25, 0.3) is 0 Å². The molecule has 0 amide bonds. The maximum Gasteiger partial charge on any atom is 0.461 e. The Labute approximate surface area is 157 Å². The summed E-state index contributed by atoms with van der Waals surface area (Å²) in [7, 11) is 0. The number of hydrogen-bond donors (Lipinski definition) is 1. The lowest BCUT2D eigenvalue weighted by Crippen LogP contribution is -2.36. The van der Waals surface area contributed by atoms with Gasteiger partial charge in [-0.25, -0.2) is 0 Å². The van der Waals surface area contributed by atoms with E-state index in [0.29, 0.717) is 0 Å². The van der Waals surface area contributed by atoms with Gasteiger partial charge in [0.05, 0.1) is 6.10 Å². The topological polar surface area (TPSA) is 69.6 Å². The first-order valence-electron chi connectivity index (χ1n) is 7.68. The second-order valence-corrected chi connectivity index (χ2v) is 6.18. The highest BCUT2D eigenvalue weighted by Crippen LogP contribution is 2.30. The largest absolute Gasteiger partial charge is 0.550 e. The molecule has 0 aliphatic rings. The van der Waals surface area contributed by atoms with Crippen molar-refractivity contribution >= 4 is 17.6 Å². The fraction of sp³-hybridized carbons (Fsp3) is 0.278. The molecule has 0 spiro atoms. The average Bonchev–Trinajstić information content (AvgIpc) is 2.58. The van der Waals surface area contributed by atoms with Gasteiger partial charge in [-0.3, -0.25) is 0 Å². The molecule has 4 nitrogen and oxygen atoms in total. The van der Waals surface area contributed by atoms with Gasteiger partial charge < -0.3 is 19.7 Å². The Hall–Kier alpha value is -2.32. The van der Waals surface area contributed by atoms with E-state index < -0.39 is 36.3 Å². The van der Waals surface area contributed by atoms with E-state index in [9.17, 15) is 32.6 Å². The van der Waals surface area contributed by atoms with Crippen molar-refractivity contribution in [2.45, 2.75) is 25.1 Å². The van der Waals surface area contributed by atoms with Gasteiger partial charge >= 0.3 is 12.5 Å². The lowest BCUT2D eigenvalue weighted by Gasteiger charge is -2.25. The molecule has 0 aromatic heterocycles. The maximum absolute atomic E-state index is 13.0. The van der Waals surface area contributed by atoms with Crippen LogP contribution in [-0.2, 0) is 11.2 Å². The lowest BCUT2D eigenvalue weighted by molar-refractivity contribution is -0.314. The number of aliphatic hydroxyl groups is 1. The summed E-state index contributed by atoms with van der Waals surface area (Å²) in [4.78, 5) is 11.5. The summed E-state index contributed by atoms with van der Waals surface area (Å²) in [5, 5.41) is 22.1. The summed E-state index contributed by atoms with van der Waals surface area (Å²) in [5.41, 5.74) is 0.404. The van der Waals surface area contributed by atoms with Crippen LogP contribution in [0.2, 0.25) is 5.02 Å². The number of rotatable bonds is 8. The molecule has 0 aliphatic heterocycles. The van der Waals surface area contributed by atoms with E-state index in [1.54, 1.807) is 0 Å². The number of ether oxygens (including phenoxy) is 1. The van der Waals surface area contributed by atoms with Gasteiger partial charge in [-0.05, 0) is 41.8 Å². The van der Waals surface area contributed by atoms with E-state index in [1.807, 2.05) is 0 Å². The second kappa shape index (κ2) is 8.58. The van der Waals surface area contributed by atoms with Gasteiger partial charge in [0, 0.05) is 16.9 Å². The number of aliphatic carboxylic acids is 1. The second-order valence-electron chi connectivity index (χ2n) is 5.74. The lowest BCUT2D eigenvalue weighted by atomic mass is 9.90. The van der Waals surface area contributed by atoms with E-state index in [0.717, 1.165) is 12.1 Å². The van der Waals surface area contributed by atoms with Crippen molar-refractivity contribution in [3.8, 4) is 5.75 Å². The van der Waals surface area contributed by atoms with Crippen LogP contribution in [0.4, 0.5) is 17.6 Å². The van der Waals surface area contributed by atoms with Crippen LogP contribution in [-0.4, -0.2) is 23.6 Å². The van der Waals surface area contributed by atoms with Crippen LogP contribution in [0.5, 0.6) is 5.75 Å². The van der Waals surface area contributed by atoms with Crippen LogP contribution in [0.1, 0.15) is 17.2 Å². The Kier molecular flexibility index (Phi) is 6.67. The zero-order valence-electron chi connectivity index (χ0n) is 13.6. The monoisotopic (exact) mass is 405 g/mol. The zero-order valence-corrected chi connectivity index (χ0v) is 14.4. The van der Waals surface area contributed by atoms with Crippen LogP contribution >= 0.6 is 11.6 Å². The number of carboxylic acid groups (broad SMARTS) is 1.